The predicted octanol–water partition coefficient (Wildman–Crippen LogP) is 1.44. The van der Waals surface area contributed by atoms with E-state index in [0.29, 0.717) is 0 Å². The number of nitrogen functional groups attached to an aromatic ring is 1. The highest BCUT2D eigenvalue weighted by molar-refractivity contribution is 5.99. The van der Waals surface area contributed by atoms with E-state index in [2.05, 4.69) is 19.9 Å². The van der Waals surface area contributed by atoms with Crippen molar-refractivity contribution in [1.82, 2.24) is 15.0 Å². The van der Waals surface area contributed by atoms with Crippen molar-refractivity contribution in [1.29, 1.82) is 0 Å². The van der Waals surface area contributed by atoms with Gasteiger partial charge < -0.3 is 16.4 Å². The lowest BCUT2D eigenvalue weighted by atomic mass is 10.0. The smallest absolute Gasteiger partial charge is 0.189 e. The van der Waals surface area contributed by atoms with Crippen LogP contribution in [0.25, 0.3) is 0 Å². The molecule has 0 radical (unpaired) electrons. The van der Waals surface area contributed by atoms with Crippen LogP contribution in [0.3, 0.4) is 0 Å². The van der Waals surface area contributed by atoms with Crippen molar-refractivity contribution in [3.8, 4) is 0 Å². The Morgan fingerprint density at radius 3 is 2.83 bits per heavy atom. The molecule has 0 spiro atoms. The number of aromatic nitrogens is 3. The van der Waals surface area contributed by atoms with Gasteiger partial charge in [-0.15, -0.1) is 0 Å². The molecule has 3 rings (SSSR count). The molecule has 1 atom stereocenters. The van der Waals surface area contributed by atoms with E-state index in [1.807, 2.05) is 6.07 Å². The maximum absolute atomic E-state index is 12.5. The number of Topliss-reactive ketones (excluding diaryl/α,β-unsaturated/α-hetero) is 1. The Kier molecular flexibility index (Phi) is 5.81. The molecule has 1 fully saturated rings. The summed E-state index contributed by atoms with van der Waals surface area (Å²) in [5.74, 6) is -0.00547. The van der Waals surface area contributed by atoms with Crippen molar-refractivity contribution in [2.45, 2.75) is 32.7 Å². The zero-order chi connectivity index (χ0) is 16.2. The summed E-state index contributed by atoms with van der Waals surface area (Å²) in [5.41, 5.74) is 13.9. The Morgan fingerprint density at radius 1 is 1.29 bits per heavy atom. The molecule has 2 aromatic heterocycles. The van der Waals surface area contributed by atoms with Crippen LogP contribution in [0.1, 0.15) is 36.3 Å². The van der Waals surface area contributed by atoms with Gasteiger partial charge in [-0.1, -0.05) is 7.43 Å². The Labute approximate surface area is 142 Å². The summed E-state index contributed by atoms with van der Waals surface area (Å²) in [6.45, 7) is 1.73. The standard InChI is InChI=1S/C16H20N6O.CH4/c17-12-2-1-7-22(10-12)13-3-4-19-9-11(13)8-14(23)15-16(18)21-6-5-20-15;/h3-6,9,12H,1-2,7-8,10,17H2,(H2,18,21);1H4/t12-;/m1./s1. The number of carbonyl (C=O) groups is 1. The Bertz CT molecular complexity index is 705. The SMILES string of the molecule is C.Nc1nccnc1C(=O)Cc1cnccc1N1CCC[C@@H](N)C1. The van der Waals surface area contributed by atoms with E-state index in [1.165, 1.54) is 12.4 Å². The Balaban J connectivity index is 0.00000208. The first kappa shape index (κ1) is 17.8. The highest BCUT2D eigenvalue weighted by Gasteiger charge is 2.21. The number of piperidine rings is 1. The molecule has 1 aliphatic rings. The van der Waals surface area contributed by atoms with Crippen LogP contribution >= 0.6 is 0 Å². The number of hydrogen-bond donors (Lipinski definition) is 2. The van der Waals surface area contributed by atoms with E-state index in [9.17, 15) is 4.79 Å². The van der Waals surface area contributed by atoms with Gasteiger partial charge in [-0.2, -0.15) is 0 Å². The first-order valence-corrected chi connectivity index (χ1v) is 7.68. The maximum Gasteiger partial charge on any atom is 0.189 e. The van der Waals surface area contributed by atoms with Crippen LogP contribution in [0.15, 0.2) is 30.9 Å². The van der Waals surface area contributed by atoms with E-state index >= 15 is 0 Å². The highest BCUT2D eigenvalue weighted by atomic mass is 16.1. The Morgan fingerprint density at radius 2 is 2.08 bits per heavy atom. The minimum atomic E-state index is -0.161. The fraction of sp³-hybridized carbons (Fsp3) is 0.412. The number of pyridine rings is 1. The van der Waals surface area contributed by atoms with Crippen LogP contribution in [0.2, 0.25) is 0 Å². The van der Waals surface area contributed by atoms with Crippen molar-refractivity contribution in [2.75, 3.05) is 23.7 Å². The van der Waals surface area contributed by atoms with Crippen LogP contribution in [0.5, 0.6) is 0 Å². The monoisotopic (exact) mass is 328 g/mol. The number of ketones is 1. The molecule has 1 saturated heterocycles. The summed E-state index contributed by atoms with van der Waals surface area (Å²) < 4.78 is 0. The summed E-state index contributed by atoms with van der Waals surface area (Å²) in [7, 11) is 0. The van der Waals surface area contributed by atoms with Gasteiger partial charge in [0.25, 0.3) is 0 Å². The van der Waals surface area contributed by atoms with Crippen LogP contribution in [0.4, 0.5) is 11.5 Å². The summed E-state index contributed by atoms with van der Waals surface area (Å²) in [6.07, 6.45) is 8.67. The minimum Gasteiger partial charge on any atom is -0.382 e. The average molecular weight is 328 g/mol. The third-order valence-electron chi connectivity index (χ3n) is 4.02. The summed E-state index contributed by atoms with van der Waals surface area (Å²) >= 11 is 0. The lowest BCUT2D eigenvalue weighted by molar-refractivity contribution is 0.0989. The lowest BCUT2D eigenvalue weighted by Gasteiger charge is -2.33. The van der Waals surface area contributed by atoms with Gasteiger partial charge in [0.05, 0.1) is 0 Å². The number of nitrogens with zero attached hydrogens (tertiary/aromatic N) is 4. The van der Waals surface area contributed by atoms with E-state index in [-0.39, 0.29) is 37.2 Å². The molecule has 0 bridgehead atoms. The van der Waals surface area contributed by atoms with Crippen LogP contribution in [-0.2, 0) is 6.42 Å². The molecular formula is C17H24N6O. The van der Waals surface area contributed by atoms with Crippen molar-refractivity contribution < 1.29 is 4.79 Å². The molecule has 4 N–H and O–H groups in total. The number of anilines is 2. The fourth-order valence-electron chi connectivity index (χ4n) is 2.91. The molecule has 7 nitrogen and oxygen atoms in total. The first-order chi connectivity index (χ1) is 11.1. The highest BCUT2D eigenvalue weighted by Crippen LogP contribution is 2.24. The minimum absolute atomic E-state index is 0. The molecule has 128 valence electrons. The molecule has 2 aromatic rings. The van der Waals surface area contributed by atoms with Gasteiger partial charge >= 0.3 is 0 Å². The summed E-state index contributed by atoms with van der Waals surface area (Å²) in [6, 6.07) is 2.09. The Hall–Kier alpha value is -2.54. The van der Waals surface area contributed by atoms with Gasteiger partial charge in [0.1, 0.15) is 5.69 Å². The second kappa shape index (κ2) is 7.83. The van der Waals surface area contributed by atoms with Gasteiger partial charge in [-0.3, -0.25) is 9.78 Å². The third-order valence-corrected chi connectivity index (χ3v) is 4.02. The van der Waals surface area contributed by atoms with Crippen molar-refractivity contribution in [2.24, 2.45) is 5.73 Å². The normalized spacial score (nSPS) is 17.2. The van der Waals surface area contributed by atoms with E-state index in [0.717, 1.165) is 37.2 Å². The molecule has 0 unspecified atom stereocenters. The second-order valence-electron chi connectivity index (χ2n) is 5.74. The molecule has 24 heavy (non-hydrogen) atoms. The molecular weight excluding hydrogens is 304 g/mol. The lowest BCUT2D eigenvalue weighted by Crippen LogP contribution is -2.43. The predicted molar refractivity (Wildman–Crippen MR) is 94.9 cm³/mol. The molecule has 1 aliphatic heterocycles. The molecule has 0 aromatic carbocycles. The summed E-state index contributed by atoms with van der Waals surface area (Å²) in [5, 5.41) is 0. The fourth-order valence-corrected chi connectivity index (χ4v) is 2.91. The number of nitrogens with two attached hydrogens (primary N) is 2. The quantitative estimate of drug-likeness (QED) is 0.817. The first-order valence-electron chi connectivity index (χ1n) is 7.68. The number of carbonyl (C=O) groups excluding carboxylic acids is 1. The number of hydrogen-bond acceptors (Lipinski definition) is 7. The largest absolute Gasteiger partial charge is 0.382 e. The topological polar surface area (TPSA) is 111 Å². The van der Waals surface area contributed by atoms with Gasteiger partial charge in [0, 0.05) is 61.6 Å². The molecule has 0 aliphatic carbocycles. The molecule has 3 heterocycles. The molecule has 7 heteroatoms. The van der Waals surface area contributed by atoms with Gasteiger partial charge in [0.15, 0.2) is 11.6 Å². The van der Waals surface area contributed by atoms with Gasteiger partial charge in [-0.25, -0.2) is 9.97 Å². The zero-order valence-electron chi connectivity index (χ0n) is 12.9. The molecule has 0 saturated carbocycles. The van der Waals surface area contributed by atoms with E-state index < -0.39 is 0 Å². The van der Waals surface area contributed by atoms with Crippen molar-refractivity contribution in [3.63, 3.8) is 0 Å². The van der Waals surface area contributed by atoms with Crippen molar-refractivity contribution in [3.05, 3.63) is 42.1 Å². The van der Waals surface area contributed by atoms with Gasteiger partial charge in [-0.05, 0) is 18.9 Å². The van der Waals surface area contributed by atoms with Crippen LogP contribution < -0.4 is 16.4 Å². The zero-order valence-corrected chi connectivity index (χ0v) is 12.9. The average Bonchev–Trinajstić information content (AvgIpc) is 2.55. The number of rotatable bonds is 4. The van der Waals surface area contributed by atoms with Crippen LogP contribution in [-0.4, -0.2) is 39.9 Å². The molecule has 0 amide bonds. The van der Waals surface area contributed by atoms with Gasteiger partial charge in [0.2, 0.25) is 0 Å². The van der Waals surface area contributed by atoms with Crippen molar-refractivity contribution >= 4 is 17.3 Å². The summed E-state index contributed by atoms with van der Waals surface area (Å²) in [4.78, 5) is 26.8. The maximum atomic E-state index is 12.5. The van der Waals surface area contributed by atoms with E-state index in [1.54, 1.807) is 12.4 Å². The third kappa shape index (κ3) is 3.86. The second-order valence-corrected chi connectivity index (χ2v) is 5.74. The van der Waals surface area contributed by atoms with Crippen LogP contribution in [0, 0.1) is 0 Å². The van der Waals surface area contributed by atoms with E-state index in [4.69, 9.17) is 11.5 Å².